The second-order valence-electron chi connectivity index (χ2n) is 13.5. The van der Waals surface area contributed by atoms with E-state index in [-0.39, 0.29) is 11.4 Å². The molecular formula is C34H45FN6O2. The van der Waals surface area contributed by atoms with E-state index >= 15 is 0 Å². The van der Waals surface area contributed by atoms with Crippen LogP contribution in [0.5, 0.6) is 5.75 Å². The van der Waals surface area contributed by atoms with E-state index in [2.05, 4.69) is 48.2 Å². The minimum atomic E-state index is -0.341. The summed E-state index contributed by atoms with van der Waals surface area (Å²) in [5.74, 6) is 3.28. The fourth-order valence-corrected chi connectivity index (χ4v) is 7.73. The maximum Gasteiger partial charge on any atom is 0.261 e. The molecule has 0 spiro atoms. The Morgan fingerprint density at radius 2 is 1.95 bits per heavy atom. The zero-order valence-electron chi connectivity index (χ0n) is 26.1. The van der Waals surface area contributed by atoms with Gasteiger partial charge in [-0.2, -0.15) is 0 Å². The van der Waals surface area contributed by atoms with E-state index in [1.807, 2.05) is 18.2 Å². The summed E-state index contributed by atoms with van der Waals surface area (Å²) in [7, 11) is 1.51. The molecule has 2 bridgehead atoms. The van der Waals surface area contributed by atoms with E-state index in [1.165, 1.54) is 32.4 Å². The van der Waals surface area contributed by atoms with Gasteiger partial charge in [-0.25, -0.2) is 9.37 Å². The van der Waals surface area contributed by atoms with E-state index in [0.29, 0.717) is 58.6 Å². The van der Waals surface area contributed by atoms with Gasteiger partial charge in [-0.05, 0) is 92.5 Å². The topological polar surface area (TPSA) is 83.8 Å². The predicted octanol–water partition coefficient (Wildman–Crippen LogP) is 5.31. The van der Waals surface area contributed by atoms with Crippen LogP contribution in [-0.2, 0) is 13.0 Å². The van der Waals surface area contributed by atoms with Crippen LogP contribution in [0, 0.1) is 29.0 Å². The summed E-state index contributed by atoms with van der Waals surface area (Å²) in [5.41, 5.74) is 2.32. The van der Waals surface area contributed by atoms with Crippen LogP contribution in [-0.4, -0.2) is 59.2 Å². The first kappa shape index (κ1) is 29.6. The lowest BCUT2D eigenvalue weighted by molar-refractivity contribution is -0.101. The molecule has 3 aliphatic carbocycles. The van der Waals surface area contributed by atoms with Crippen molar-refractivity contribution in [3.8, 4) is 5.75 Å². The van der Waals surface area contributed by atoms with Crippen molar-refractivity contribution in [1.29, 1.82) is 0 Å². The first-order valence-electron chi connectivity index (χ1n) is 15.8. The lowest BCUT2D eigenvalue weighted by Gasteiger charge is -2.60. The molecule has 2 aromatic carbocycles. The van der Waals surface area contributed by atoms with Crippen molar-refractivity contribution in [2.24, 2.45) is 28.2 Å². The molecule has 3 saturated carbocycles. The van der Waals surface area contributed by atoms with E-state index < -0.39 is 0 Å². The first-order chi connectivity index (χ1) is 20.6. The molecule has 7 rings (SSSR count). The molecule has 43 heavy (non-hydrogen) atoms. The molecule has 2 heterocycles. The van der Waals surface area contributed by atoms with Crippen LogP contribution >= 0.6 is 0 Å². The number of methoxy groups -OCH3 is 1. The largest absolute Gasteiger partial charge is 0.497 e. The van der Waals surface area contributed by atoms with Crippen molar-refractivity contribution < 1.29 is 9.13 Å². The summed E-state index contributed by atoms with van der Waals surface area (Å²) in [4.78, 5) is 25.5. The molecule has 1 aromatic heterocycles. The summed E-state index contributed by atoms with van der Waals surface area (Å²) in [6.07, 6.45) is 5.86. The number of rotatable bonds is 7. The summed E-state index contributed by atoms with van der Waals surface area (Å²) >= 11 is 0. The van der Waals surface area contributed by atoms with Crippen LogP contribution in [0.2, 0.25) is 0 Å². The number of piperazine rings is 1. The smallest absolute Gasteiger partial charge is 0.261 e. The molecule has 9 heteroatoms. The van der Waals surface area contributed by atoms with Gasteiger partial charge >= 0.3 is 0 Å². The number of anilines is 1. The Kier molecular flexibility index (Phi) is 8.20. The fraction of sp³-hybridized carbons (Fsp3) is 0.559. The number of fused-ring (bicyclic) bond motifs is 3. The van der Waals surface area contributed by atoms with Gasteiger partial charge in [-0.15, -0.1) is 0 Å². The highest BCUT2D eigenvalue weighted by atomic mass is 19.1. The Bertz CT molecular complexity index is 1560. The van der Waals surface area contributed by atoms with Gasteiger partial charge in [-0.1, -0.05) is 19.9 Å². The molecule has 0 amide bonds. The Hall–Kier alpha value is -3.46. The molecule has 8 nitrogen and oxygen atoms in total. The normalized spacial score (nSPS) is 26.7. The number of hydrogen-bond donors (Lipinski definition) is 2. The second-order valence-corrected chi connectivity index (χ2v) is 13.5. The fourth-order valence-electron chi connectivity index (χ4n) is 7.73. The van der Waals surface area contributed by atoms with Crippen molar-refractivity contribution in [2.75, 3.05) is 32.1 Å². The van der Waals surface area contributed by atoms with Crippen molar-refractivity contribution in [3.05, 3.63) is 64.5 Å². The van der Waals surface area contributed by atoms with Gasteiger partial charge in [0, 0.05) is 50.0 Å². The number of hydrogen-bond acceptors (Lipinski definition) is 5. The van der Waals surface area contributed by atoms with Crippen LogP contribution < -0.4 is 20.9 Å². The molecule has 230 valence electrons. The molecular weight excluding hydrogens is 543 g/mol. The number of ether oxygens (including phenoxy) is 1. The summed E-state index contributed by atoms with van der Waals surface area (Å²) in [5, 5.41) is 7.78. The van der Waals surface area contributed by atoms with Gasteiger partial charge in [0.05, 0.1) is 24.3 Å². The zero-order valence-corrected chi connectivity index (χ0v) is 26.1. The lowest BCUT2D eigenvalue weighted by Crippen LogP contribution is -2.57. The second kappa shape index (κ2) is 11.9. The quantitative estimate of drug-likeness (QED) is 0.288. The third-order valence-electron chi connectivity index (χ3n) is 10.3. The van der Waals surface area contributed by atoms with E-state index in [9.17, 15) is 9.18 Å². The molecule has 4 fully saturated rings. The summed E-state index contributed by atoms with van der Waals surface area (Å²) < 4.78 is 21.1. The maximum atomic E-state index is 14.4. The number of aromatic nitrogens is 2. The van der Waals surface area contributed by atoms with Gasteiger partial charge in [0.2, 0.25) is 0 Å². The van der Waals surface area contributed by atoms with E-state index in [0.717, 1.165) is 43.1 Å². The number of guanidine groups is 1. The minimum absolute atomic E-state index is 0.136. The van der Waals surface area contributed by atoms with E-state index in [4.69, 9.17) is 9.73 Å². The molecule has 5 atom stereocenters. The third-order valence-corrected chi connectivity index (χ3v) is 10.3. The predicted molar refractivity (Wildman–Crippen MR) is 170 cm³/mol. The number of aryl methyl sites for hydroxylation is 2. The van der Waals surface area contributed by atoms with E-state index in [1.54, 1.807) is 23.0 Å². The summed E-state index contributed by atoms with van der Waals surface area (Å²) in [6, 6.07) is 11.2. The summed E-state index contributed by atoms with van der Waals surface area (Å²) in [6.45, 7) is 12.2. The van der Waals surface area contributed by atoms with Gasteiger partial charge < -0.3 is 20.3 Å². The Balaban J connectivity index is 1.20. The molecule has 5 unspecified atom stereocenters. The van der Waals surface area contributed by atoms with Crippen molar-refractivity contribution >= 4 is 22.5 Å². The highest BCUT2D eigenvalue weighted by Crippen LogP contribution is 2.61. The number of halogens is 1. The number of aliphatic imine (C=N–C) groups is 1. The van der Waals surface area contributed by atoms with Crippen LogP contribution in [0.4, 0.5) is 10.1 Å². The number of nitrogens with zero attached hydrogens (tertiary/aromatic N) is 4. The molecule has 3 aromatic rings. The van der Waals surface area contributed by atoms with Crippen molar-refractivity contribution in [2.45, 2.75) is 72.0 Å². The maximum absolute atomic E-state index is 14.4. The Morgan fingerprint density at radius 3 is 2.65 bits per heavy atom. The molecule has 2 N–H and O–H groups in total. The zero-order chi connectivity index (χ0) is 30.3. The monoisotopic (exact) mass is 588 g/mol. The average Bonchev–Trinajstić information content (AvgIpc) is 2.98. The third kappa shape index (κ3) is 6.01. The number of nitrogens with one attached hydrogen (secondary N) is 2. The van der Waals surface area contributed by atoms with Crippen LogP contribution in [0.25, 0.3) is 10.9 Å². The highest BCUT2D eigenvalue weighted by molar-refractivity contribution is 5.95. The molecule has 4 aliphatic rings. The van der Waals surface area contributed by atoms with Gasteiger partial charge in [0.25, 0.3) is 5.56 Å². The molecule has 0 radical (unpaired) electrons. The van der Waals surface area contributed by atoms with Crippen LogP contribution in [0.3, 0.4) is 0 Å². The minimum Gasteiger partial charge on any atom is -0.497 e. The average molecular weight is 589 g/mol. The van der Waals surface area contributed by atoms with Crippen molar-refractivity contribution in [3.63, 3.8) is 0 Å². The van der Waals surface area contributed by atoms with Crippen molar-refractivity contribution in [1.82, 2.24) is 19.8 Å². The van der Waals surface area contributed by atoms with Gasteiger partial charge in [-0.3, -0.25) is 14.4 Å². The van der Waals surface area contributed by atoms with Crippen LogP contribution in [0.15, 0.2) is 52.5 Å². The SMILES string of the molecule is COc1ccc(CCn2cnc3cc(NC(=NCC4CCC5CC4C5(C)C)N4CC(C)NC(C)C4)ccc3c2=O)c(F)c1. The Labute approximate surface area is 253 Å². The first-order valence-corrected chi connectivity index (χ1v) is 15.8. The van der Waals surface area contributed by atoms with Crippen LogP contribution in [0.1, 0.15) is 52.5 Å². The van der Waals surface area contributed by atoms with Gasteiger partial charge in [0.1, 0.15) is 11.6 Å². The van der Waals surface area contributed by atoms with Gasteiger partial charge in [0.15, 0.2) is 5.96 Å². The number of benzene rings is 2. The standard InChI is InChI=1S/C34H45FN6O2/c1-21-18-41(19-22(2)38-21)33(36-17-24-6-8-25-14-29(24)34(25,3)4)39-26-9-11-28-31(15-26)37-20-40(32(28)42)13-12-23-7-10-27(43-5)16-30(23)35/h7,9-11,15-16,20-22,24-25,29,38H,6,8,12-14,17-19H2,1-5H3,(H,36,39). The highest BCUT2D eigenvalue weighted by Gasteiger charge is 2.53. The lowest BCUT2D eigenvalue weighted by atomic mass is 9.45. The molecule has 1 aliphatic heterocycles. The molecule has 1 saturated heterocycles. The Morgan fingerprint density at radius 1 is 1.16 bits per heavy atom.